The number of aliphatic hydroxyl groups is 1. The van der Waals surface area contributed by atoms with Crippen molar-refractivity contribution in [3.8, 4) is 0 Å². The smallest absolute Gasteiger partial charge is 0.140 e. The molecule has 1 N–H and O–H groups in total. The van der Waals surface area contributed by atoms with Crippen LogP contribution in [0.3, 0.4) is 0 Å². The lowest BCUT2D eigenvalue weighted by Gasteiger charge is -2.27. The van der Waals surface area contributed by atoms with Crippen molar-refractivity contribution < 1.29 is 9.52 Å². The minimum absolute atomic E-state index is 0.565. The van der Waals surface area contributed by atoms with Gasteiger partial charge in [-0.2, -0.15) is 0 Å². The molecule has 1 aliphatic carbocycles. The second-order valence-electron chi connectivity index (χ2n) is 3.78. The Morgan fingerprint density at radius 3 is 3.00 bits per heavy atom. The van der Waals surface area contributed by atoms with Crippen LogP contribution < -0.4 is 0 Å². The van der Waals surface area contributed by atoms with Gasteiger partial charge in [0.15, 0.2) is 0 Å². The van der Waals surface area contributed by atoms with Gasteiger partial charge in [-0.15, -0.1) is 0 Å². The van der Waals surface area contributed by atoms with Crippen LogP contribution in [0.2, 0.25) is 0 Å². The Labute approximate surface area is 77.9 Å². The summed E-state index contributed by atoms with van der Waals surface area (Å²) < 4.78 is 5.21. The van der Waals surface area contributed by atoms with Crippen LogP contribution in [0, 0.1) is 5.92 Å². The standard InChI is InChI=1S/C11H14O2/c1-9-4-6-11(12,7-5-9)10-3-2-8-13-10/h2-4,6,8-9,12H,5,7H2,1H3. The van der Waals surface area contributed by atoms with Crippen molar-refractivity contribution in [2.24, 2.45) is 5.92 Å². The van der Waals surface area contributed by atoms with Gasteiger partial charge in [0.25, 0.3) is 0 Å². The molecule has 0 aliphatic heterocycles. The van der Waals surface area contributed by atoms with Gasteiger partial charge in [0.1, 0.15) is 11.4 Å². The summed E-state index contributed by atoms with van der Waals surface area (Å²) in [5, 5.41) is 10.2. The zero-order valence-electron chi connectivity index (χ0n) is 7.73. The Bertz CT molecular complexity index is 300. The van der Waals surface area contributed by atoms with E-state index in [2.05, 4.69) is 6.92 Å². The third-order valence-electron chi connectivity index (χ3n) is 2.63. The lowest BCUT2D eigenvalue weighted by atomic mass is 9.84. The molecule has 2 heteroatoms. The molecule has 1 heterocycles. The Balaban J connectivity index is 2.27. The molecule has 2 atom stereocenters. The summed E-state index contributed by atoms with van der Waals surface area (Å²) in [5.74, 6) is 1.21. The molecule has 70 valence electrons. The zero-order valence-corrected chi connectivity index (χ0v) is 7.73. The molecular formula is C11H14O2. The minimum atomic E-state index is -0.865. The third-order valence-corrected chi connectivity index (χ3v) is 2.63. The Hall–Kier alpha value is -1.02. The van der Waals surface area contributed by atoms with Crippen LogP contribution in [0.15, 0.2) is 35.0 Å². The van der Waals surface area contributed by atoms with E-state index in [1.807, 2.05) is 18.2 Å². The van der Waals surface area contributed by atoms with Crippen LogP contribution in [0.25, 0.3) is 0 Å². The molecule has 0 amide bonds. The fourth-order valence-electron chi connectivity index (χ4n) is 1.68. The highest BCUT2D eigenvalue weighted by atomic mass is 16.4. The molecule has 13 heavy (non-hydrogen) atoms. The predicted molar refractivity (Wildman–Crippen MR) is 50.1 cm³/mol. The molecule has 2 nitrogen and oxygen atoms in total. The Morgan fingerprint density at radius 1 is 1.62 bits per heavy atom. The minimum Gasteiger partial charge on any atom is -0.466 e. The first kappa shape index (κ1) is 8.57. The second kappa shape index (κ2) is 3.04. The summed E-state index contributed by atoms with van der Waals surface area (Å²) in [6, 6.07) is 3.62. The molecule has 0 spiro atoms. The van der Waals surface area contributed by atoms with Gasteiger partial charge in [0.2, 0.25) is 0 Å². The Kier molecular flexibility index (Phi) is 2.00. The molecule has 2 unspecified atom stereocenters. The van der Waals surface area contributed by atoms with Gasteiger partial charge in [0, 0.05) is 0 Å². The molecule has 1 aromatic heterocycles. The van der Waals surface area contributed by atoms with Crippen LogP contribution in [0.5, 0.6) is 0 Å². The van der Waals surface area contributed by atoms with Crippen molar-refractivity contribution >= 4 is 0 Å². The maximum absolute atomic E-state index is 10.2. The molecule has 0 saturated carbocycles. The quantitative estimate of drug-likeness (QED) is 0.670. The first-order valence-electron chi connectivity index (χ1n) is 4.66. The lowest BCUT2D eigenvalue weighted by Crippen LogP contribution is -2.25. The van der Waals surface area contributed by atoms with Gasteiger partial charge >= 0.3 is 0 Å². The maximum Gasteiger partial charge on any atom is 0.140 e. The number of hydrogen-bond donors (Lipinski definition) is 1. The largest absolute Gasteiger partial charge is 0.466 e. The van der Waals surface area contributed by atoms with Crippen molar-refractivity contribution in [1.82, 2.24) is 0 Å². The zero-order chi connectivity index (χ0) is 9.31. The predicted octanol–water partition coefficient (Wildman–Crippen LogP) is 2.45. The van der Waals surface area contributed by atoms with Gasteiger partial charge in [-0.1, -0.05) is 13.0 Å². The molecule has 1 aromatic rings. The first-order chi connectivity index (χ1) is 6.21. The van der Waals surface area contributed by atoms with Crippen LogP contribution in [0.4, 0.5) is 0 Å². The highest BCUT2D eigenvalue weighted by Gasteiger charge is 2.31. The van der Waals surface area contributed by atoms with E-state index in [0.29, 0.717) is 11.7 Å². The van der Waals surface area contributed by atoms with E-state index in [0.717, 1.165) is 12.8 Å². The molecule has 0 fully saturated rings. The summed E-state index contributed by atoms with van der Waals surface area (Å²) in [6.07, 6.45) is 7.25. The summed E-state index contributed by atoms with van der Waals surface area (Å²) in [7, 11) is 0. The van der Waals surface area contributed by atoms with Gasteiger partial charge < -0.3 is 9.52 Å². The van der Waals surface area contributed by atoms with Crippen molar-refractivity contribution in [2.75, 3.05) is 0 Å². The summed E-state index contributed by atoms with van der Waals surface area (Å²) in [4.78, 5) is 0. The fourth-order valence-corrected chi connectivity index (χ4v) is 1.68. The SMILES string of the molecule is CC1C=CC(O)(c2ccco2)CC1. The third kappa shape index (κ3) is 1.54. The van der Waals surface area contributed by atoms with Crippen LogP contribution in [-0.4, -0.2) is 5.11 Å². The summed E-state index contributed by atoms with van der Waals surface area (Å²) in [6.45, 7) is 2.15. The van der Waals surface area contributed by atoms with E-state index in [1.54, 1.807) is 12.3 Å². The van der Waals surface area contributed by atoms with E-state index in [9.17, 15) is 5.11 Å². The lowest BCUT2D eigenvalue weighted by molar-refractivity contribution is 0.0448. The molecule has 0 saturated heterocycles. The van der Waals surface area contributed by atoms with Crippen molar-refractivity contribution in [3.63, 3.8) is 0 Å². The molecular weight excluding hydrogens is 164 g/mol. The van der Waals surface area contributed by atoms with Crippen LogP contribution >= 0.6 is 0 Å². The molecule has 0 radical (unpaired) electrons. The van der Waals surface area contributed by atoms with Gasteiger partial charge in [-0.05, 0) is 37.0 Å². The maximum atomic E-state index is 10.2. The number of allylic oxidation sites excluding steroid dienone is 1. The molecule has 2 rings (SSSR count). The van der Waals surface area contributed by atoms with Crippen molar-refractivity contribution in [1.29, 1.82) is 0 Å². The van der Waals surface area contributed by atoms with Gasteiger partial charge in [0.05, 0.1) is 6.26 Å². The van der Waals surface area contributed by atoms with E-state index < -0.39 is 5.60 Å². The average Bonchev–Trinajstić information content (AvgIpc) is 2.63. The Morgan fingerprint density at radius 2 is 2.46 bits per heavy atom. The topological polar surface area (TPSA) is 33.4 Å². The van der Waals surface area contributed by atoms with Crippen LogP contribution in [-0.2, 0) is 5.60 Å². The number of furan rings is 1. The van der Waals surface area contributed by atoms with Crippen molar-refractivity contribution in [2.45, 2.75) is 25.4 Å². The summed E-state index contributed by atoms with van der Waals surface area (Å²) in [5.41, 5.74) is -0.865. The molecule has 1 aliphatic rings. The highest BCUT2D eigenvalue weighted by molar-refractivity contribution is 5.19. The van der Waals surface area contributed by atoms with E-state index in [-0.39, 0.29) is 0 Å². The van der Waals surface area contributed by atoms with E-state index in [1.165, 1.54) is 0 Å². The molecule has 0 bridgehead atoms. The second-order valence-corrected chi connectivity index (χ2v) is 3.78. The monoisotopic (exact) mass is 178 g/mol. The number of rotatable bonds is 1. The van der Waals surface area contributed by atoms with E-state index in [4.69, 9.17) is 4.42 Å². The van der Waals surface area contributed by atoms with Crippen molar-refractivity contribution in [3.05, 3.63) is 36.3 Å². The van der Waals surface area contributed by atoms with Gasteiger partial charge in [-0.25, -0.2) is 0 Å². The van der Waals surface area contributed by atoms with Crippen LogP contribution in [0.1, 0.15) is 25.5 Å². The summed E-state index contributed by atoms with van der Waals surface area (Å²) >= 11 is 0. The fraction of sp³-hybridized carbons (Fsp3) is 0.455. The average molecular weight is 178 g/mol. The highest BCUT2D eigenvalue weighted by Crippen LogP contribution is 2.34. The molecule has 0 aromatic carbocycles. The first-order valence-corrected chi connectivity index (χ1v) is 4.66. The van der Waals surface area contributed by atoms with Gasteiger partial charge in [-0.3, -0.25) is 0 Å². The number of hydrogen-bond acceptors (Lipinski definition) is 2. The normalized spacial score (nSPS) is 33.5. The van der Waals surface area contributed by atoms with E-state index >= 15 is 0 Å².